The molecular formula is C16H19N5. The van der Waals surface area contributed by atoms with Crippen molar-refractivity contribution in [3.05, 3.63) is 54.1 Å². The Balaban J connectivity index is 2.03. The Labute approximate surface area is 124 Å². The minimum atomic E-state index is 0.00885. The minimum Gasteiger partial charge on any atom is -0.304 e. The van der Waals surface area contributed by atoms with Gasteiger partial charge in [0.1, 0.15) is 0 Å². The second-order valence-electron chi connectivity index (χ2n) is 5.05. The number of benzene rings is 1. The lowest BCUT2D eigenvalue weighted by atomic mass is 10.1. The van der Waals surface area contributed by atoms with Gasteiger partial charge in [-0.3, -0.25) is 9.67 Å². The SMILES string of the molecule is CCCNC(c1cnc2ccccc2n1)c1ccnn1C. The predicted octanol–water partition coefficient (Wildman–Crippen LogP) is 2.45. The molecule has 3 aromatic rings. The summed E-state index contributed by atoms with van der Waals surface area (Å²) in [5, 5.41) is 7.79. The third-order valence-electron chi connectivity index (χ3n) is 3.52. The molecule has 0 spiro atoms. The second kappa shape index (κ2) is 6.01. The maximum atomic E-state index is 4.76. The van der Waals surface area contributed by atoms with E-state index in [0.29, 0.717) is 0 Å². The third kappa shape index (κ3) is 2.78. The topological polar surface area (TPSA) is 55.6 Å². The summed E-state index contributed by atoms with van der Waals surface area (Å²) in [6, 6.07) is 9.96. The molecule has 1 aromatic carbocycles. The van der Waals surface area contributed by atoms with Crippen LogP contribution in [0.4, 0.5) is 0 Å². The maximum Gasteiger partial charge on any atom is 0.0937 e. The summed E-state index contributed by atoms with van der Waals surface area (Å²) in [4.78, 5) is 9.28. The van der Waals surface area contributed by atoms with Crippen LogP contribution in [0, 0.1) is 0 Å². The monoisotopic (exact) mass is 281 g/mol. The summed E-state index contributed by atoms with van der Waals surface area (Å²) in [5.41, 5.74) is 3.85. The lowest BCUT2D eigenvalue weighted by Gasteiger charge is -2.18. The predicted molar refractivity (Wildman–Crippen MR) is 82.9 cm³/mol. The van der Waals surface area contributed by atoms with Gasteiger partial charge in [0, 0.05) is 13.2 Å². The van der Waals surface area contributed by atoms with Crippen molar-refractivity contribution < 1.29 is 0 Å². The van der Waals surface area contributed by atoms with E-state index in [4.69, 9.17) is 4.98 Å². The number of aryl methyl sites for hydroxylation is 1. The summed E-state index contributed by atoms with van der Waals surface area (Å²) >= 11 is 0. The van der Waals surface area contributed by atoms with Crippen LogP contribution in [0.15, 0.2) is 42.7 Å². The van der Waals surface area contributed by atoms with E-state index < -0.39 is 0 Å². The molecule has 0 amide bonds. The fourth-order valence-corrected chi connectivity index (χ4v) is 2.43. The van der Waals surface area contributed by atoms with Crippen LogP contribution in [0.1, 0.15) is 30.8 Å². The van der Waals surface area contributed by atoms with Gasteiger partial charge in [0.2, 0.25) is 0 Å². The smallest absolute Gasteiger partial charge is 0.0937 e. The second-order valence-corrected chi connectivity index (χ2v) is 5.05. The molecule has 108 valence electrons. The van der Waals surface area contributed by atoms with Crippen LogP contribution in [0.3, 0.4) is 0 Å². The van der Waals surface area contributed by atoms with E-state index in [2.05, 4.69) is 22.3 Å². The first-order valence-corrected chi connectivity index (χ1v) is 7.22. The van der Waals surface area contributed by atoms with Gasteiger partial charge in [-0.15, -0.1) is 0 Å². The van der Waals surface area contributed by atoms with Gasteiger partial charge in [0.05, 0.1) is 34.7 Å². The van der Waals surface area contributed by atoms with Gasteiger partial charge in [-0.05, 0) is 31.2 Å². The molecule has 1 N–H and O–H groups in total. The summed E-state index contributed by atoms with van der Waals surface area (Å²) in [6.07, 6.45) is 4.72. The van der Waals surface area contributed by atoms with Crippen molar-refractivity contribution in [3.8, 4) is 0 Å². The van der Waals surface area contributed by atoms with Gasteiger partial charge in [0.25, 0.3) is 0 Å². The zero-order chi connectivity index (χ0) is 14.7. The van der Waals surface area contributed by atoms with E-state index in [1.165, 1.54) is 0 Å². The highest BCUT2D eigenvalue weighted by Gasteiger charge is 2.18. The normalized spacial score (nSPS) is 12.7. The van der Waals surface area contributed by atoms with Gasteiger partial charge < -0.3 is 5.32 Å². The average Bonchev–Trinajstić information content (AvgIpc) is 2.94. The molecule has 0 fully saturated rings. The number of nitrogens with zero attached hydrogens (tertiary/aromatic N) is 4. The first kappa shape index (κ1) is 13.7. The molecule has 1 atom stereocenters. The molecule has 2 heterocycles. The molecule has 5 nitrogen and oxygen atoms in total. The zero-order valence-corrected chi connectivity index (χ0v) is 12.3. The molecule has 3 rings (SSSR count). The molecular weight excluding hydrogens is 262 g/mol. The fourth-order valence-electron chi connectivity index (χ4n) is 2.43. The Bertz CT molecular complexity index is 734. The van der Waals surface area contributed by atoms with Crippen molar-refractivity contribution in [3.63, 3.8) is 0 Å². The third-order valence-corrected chi connectivity index (χ3v) is 3.52. The molecule has 0 aliphatic rings. The minimum absolute atomic E-state index is 0.00885. The van der Waals surface area contributed by atoms with Crippen LogP contribution >= 0.6 is 0 Å². The van der Waals surface area contributed by atoms with Crippen molar-refractivity contribution in [2.45, 2.75) is 19.4 Å². The number of nitrogens with one attached hydrogen (secondary N) is 1. The number of aromatic nitrogens is 4. The van der Waals surface area contributed by atoms with Crippen molar-refractivity contribution in [2.75, 3.05) is 6.54 Å². The first-order valence-electron chi connectivity index (χ1n) is 7.22. The van der Waals surface area contributed by atoms with Gasteiger partial charge in [-0.25, -0.2) is 4.98 Å². The average molecular weight is 281 g/mol. The molecule has 5 heteroatoms. The Hall–Kier alpha value is -2.27. The molecule has 0 radical (unpaired) electrons. The van der Waals surface area contributed by atoms with Crippen LogP contribution in [-0.2, 0) is 7.05 Å². The van der Waals surface area contributed by atoms with Crippen molar-refractivity contribution in [1.29, 1.82) is 0 Å². The summed E-state index contributed by atoms with van der Waals surface area (Å²) < 4.78 is 1.88. The Morgan fingerprint density at radius 3 is 2.71 bits per heavy atom. The number of hydrogen-bond donors (Lipinski definition) is 1. The van der Waals surface area contributed by atoms with Crippen LogP contribution in [-0.4, -0.2) is 26.3 Å². The fraction of sp³-hybridized carbons (Fsp3) is 0.312. The van der Waals surface area contributed by atoms with Crippen LogP contribution in [0.5, 0.6) is 0 Å². The Morgan fingerprint density at radius 2 is 2.00 bits per heavy atom. The standard InChI is InChI=1S/C16H19N5/c1-3-9-17-16(15-8-10-19-21(15)2)14-11-18-12-6-4-5-7-13(12)20-14/h4-8,10-11,16-17H,3,9H2,1-2H3. The van der Waals surface area contributed by atoms with Gasteiger partial charge >= 0.3 is 0 Å². The molecule has 1 unspecified atom stereocenters. The van der Waals surface area contributed by atoms with Crippen LogP contribution < -0.4 is 5.32 Å². The molecule has 0 bridgehead atoms. The largest absolute Gasteiger partial charge is 0.304 e. The molecule has 2 aromatic heterocycles. The number of rotatable bonds is 5. The van der Waals surface area contributed by atoms with Crippen LogP contribution in [0.25, 0.3) is 11.0 Å². The maximum absolute atomic E-state index is 4.76. The van der Waals surface area contributed by atoms with E-state index in [-0.39, 0.29) is 6.04 Å². The van der Waals surface area contributed by atoms with Gasteiger partial charge in [-0.1, -0.05) is 19.1 Å². The summed E-state index contributed by atoms with van der Waals surface area (Å²) in [7, 11) is 1.95. The summed E-state index contributed by atoms with van der Waals surface area (Å²) in [5.74, 6) is 0. The molecule has 0 aliphatic carbocycles. The lowest BCUT2D eigenvalue weighted by Crippen LogP contribution is -2.26. The highest BCUT2D eigenvalue weighted by molar-refractivity contribution is 5.73. The van der Waals surface area contributed by atoms with E-state index in [1.54, 1.807) is 0 Å². The highest BCUT2D eigenvalue weighted by atomic mass is 15.3. The van der Waals surface area contributed by atoms with Crippen molar-refractivity contribution in [1.82, 2.24) is 25.1 Å². The quantitative estimate of drug-likeness (QED) is 0.780. The number of hydrogen-bond acceptors (Lipinski definition) is 4. The number of para-hydroxylation sites is 2. The first-order chi connectivity index (χ1) is 10.3. The molecule has 0 aliphatic heterocycles. The van der Waals surface area contributed by atoms with E-state index in [9.17, 15) is 0 Å². The zero-order valence-electron chi connectivity index (χ0n) is 12.3. The van der Waals surface area contributed by atoms with Gasteiger partial charge in [-0.2, -0.15) is 5.10 Å². The molecule has 0 saturated heterocycles. The van der Waals surface area contributed by atoms with E-state index in [0.717, 1.165) is 35.4 Å². The molecule has 0 saturated carbocycles. The van der Waals surface area contributed by atoms with Crippen molar-refractivity contribution in [2.24, 2.45) is 7.05 Å². The Morgan fingerprint density at radius 1 is 1.19 bits per heavy atom. The van der Waals surface area contributed by atoms with E-state index >= 15 is 0 Å². The van der Waals surface area contributed by atoms with Gasteiger partial charge in [0.15, 0.2) is 0 Å². The Kier molecular flexibility index (Phi) is 3.92. The number of fused-ring (bicyclic) bond motifs is 1. The molecule has 21 heavy (non-hydrogen) atoms. The van der Waals surface area contributed by atoms with Crippen molar-refractivity contribution >= 4 is 11.0 Å². The lowest BCUT2D eigenvalue weighted by molar-refractivity contribution is 0.543. The summed E-state index contributed by atoms with van der Waals surface area (Å²) in [6.45, 7) is 3.07. The van der Waals surface area contributed by atoms with E-state index in [1.807, 2.05) is 54.5 Å². The van der Waals surface area contributed by atoms with Crippen LogP contribution in [0.2, 0.25) is 0 Å². The highest BCUT2D eigenvalue weighted by Crippen LogP contribution is 2.21.